The van der Waals surface area contributed by atoms with Crippen molar-refractivity contribution in [3.05, 3.63) is 12.7 Å². The first-order valence-electron chi connectivity index (χ1n) is 3.49. The van der Waals surface area contributed by atoms with Gasteiger partial charge < -0.3 is 5.32 Å². The van der Waals surface area contributed by atoms with Crippen molar-refractivity contribution < 1.29 is 22.4 Å². The van der Waals surface area contributed by atoms with E-state index in [0.29, 0.717) is 6.08 Å². The van der Waals surface area contributed by atoms with Gasteiger partial charge in [0.05, 0.1) is 0 Å². The molecule has 1 amide bonds. The molecular weight excluding hydrogens is 190 g/mol. The smallest absolute Gasteiger partial charge is 0.315 e. The lowest BCUT2D eigenvalue weighted by molar-refractivity contribution is -0.268. The first-order valence-corrected chi connectivity index (χ1v) is 3.49. The van der Waals surface area contributed by atoms with E-state index < -0.39 is 30.2 Å². The zero-order valence-electron chi connectivity index (χ0n) is 6.49. The van der Waals surface area contributed by atoms with Gasteiger partial charge in [-0.3, -0.25) is 4.79 Å². The van der Waals surface area contributed by atoms with Gasteiger partial charge >= 0.3 is 5.92 Å². The molecule has 0 aromatic rings. The summed E-state index contributed by atoms with van der Waals surface area (Å²) in [7, 11) is 0. The molecule has 1 rings (SSSR count). The normalized spacial score (nSPS) is 36.2. The highest BCUT2D eigenvalue weighted by Gasteiger charge is 2.72. The van der Waals surface area contributed by atoms with Gasteiger partial charge in [-0.15, -0.1) is 0 Å². The Hall–Kier alpha value is -1.07. The van der Waals surface area contributed by atoms with Crippen LogP contribution in [0.4, 0.5) is 17.6 Å². The average molecular weight is 197 g/mol. The van der Waals surface area contributed by atoms with Gasteiger partial charge in [-0.05, 0) is 6.08 Å². The van der Waals surface area contributed by atoms with Crippen molar-refractivity contribution in [2.45, 2.75) is 24.3 Å². The quantitative estimate of drug-likeness (QED) is 0.404. The summed E-state index contributed by atoms with van der Waals surface area (Å²) in [6.45, 7) is 2.95. The summed E-state index contributed by atoms with van der Waals surface area (Å²) in [5.74, 6) is -8.50. The number of carbonyl (C=O) groups excluding carboxylic acids is 1. The van der Waals surface area contributed by atoms with E-state index in [1.54, 1.807) is 0 Å². The van der Waals surface area contributed by atoms with E-state index in [-0.39, 0.29) is 0 Å². The van der Waals surface area contributed by atoms with Gasteiger partial charge in [-0.25, -0.2) is 8.78 Å². The van der Waals surface area contributed by atoms with E-state index in [2.05, 4.69) is 6.58 Å². The number of rotatable bonds is 2. The summed E-state index contributed by atoms with van der Waals surface area (Å²) in [5.41, 5.74) is 0. The van der Waals surface area contributed by atoms with E-state index in [1.165, 1.54) is 5.32 Å². The summed E-state index contributed by atoms with van der Waals surface area (Å²) in [4.78, 5) is 10.5. The lowest BCUT2D eigenvalue weighted by atomic mass is 9.82. The molecule has 1 saturated carbocycles. The van der Waals surface area contributed by atoms with Crippen molar-refractivity contribution in [2.24, 2.45) is 0 Å². The van der Waals surface area contributed by atoms with Crippen LogP contribution in [-0.4, -0.2) is 23.8 Å². The highest BCUT2D eigenvalue weighted by molar-refractivity contribution is 5.87. The van der Waals surface area contributed by atoms with E-state index in [4.69, 9.17) is 0 Å². The van der Waals surface area contributed by atoms with Crippen LogP contribution < -0.4 is 5.32 Å². The highest BCUT2D eigenvalue weighted by atomic mass is 19.3. The number of alkyl halides is 4. The molecule has 6 heteroatoms. The molecule has 1 aliphatic rings. The van der Waals surface area contributed by atoms with E-state index in [9.17, 15) is 22.4 Å². The second kappa shape index (κ2) is 2.71. The third-order valence-corrected chi connectivity index (χ3v) is 1.89. The third-order valence-electron chi connectivity index (χ3n) is 1.89. The monoisotopic (exact) mass is 197 g/mol. The van der Waals surface area contributed by atoms with Gasteiger partial charge in [0.2, 0.25) is 5.91 Å². The van der Waals surface area contributed by atoms with Crippen molar-refractivity contribution in [1.82, 2.24) is 5.32 Å². The number of hydrogen-bond donors (Lipinski definition) is 1. The lowest BCUT2D eigenvalue weighted by Gasteiger charge is -2.44. The average Bonchev–Trinajstić information content (AvgIpc) is 2.04. The van der Waals surface area contributed by atoms with Gasteiger partial charge in [0, 0.05) is 6.42 Å². The Morgan fingerprint density at radius 2 is 2.08 bits per heavy atom. The Kier molecular flexibility index (Phi) is 2.09. The van der Waals surface area contributed by atoms with Crippen molar-refractivity contribution in [3.8, 4) is 0 Å². The molecule has 0 aromatic carbocycles. The van der Waals surface area contributed by atoms with Crippen molar-refractivity contribution in [2.75, 3.05) is 0 Å². The molecule has 0 aliphatic heterocycles. The first kappa shape index (κ1) is 10.0. The molecule has 0 saturated heterocycles. The van der Waals surface area contributed by atoms with Crippen molar-refractivity contribution >= 4 is 5.91 Å². The van der Waals surface area contributed by atoms with Crippen molar-refractivity contribution in [1.29, 1.82) is 0 Å². The Balaban J connectivity index is 2.70. The topological polar surface area (TPSA) is 29.1 Å². The Bertz CT molecular complexity index is 255. The minimum Gasteiger partial charge on any atom is -0.315 e. The van der Waals surface area contributed by atoms with Crippen LogP contribution in [0.2, 0.25) is 0 Å². The minimum atomic E-state index is -4.15. The number of amides is 1. The van der Waals surface area contributed by atoms with Crippen LogP contribution in [0.25, 0.3) is 0 Å². The molecule has 2 unspecified atom stereocenters. The van der Waals surface area contributed by atoms with E-state index in [1.807, 2.05) is 0 Å². The van der Waals surface area contributed by atoms with Crippen LogP contribution in [0.3, 0.4) is 0 Å². The maximum atomic E-state index is 13.0. The first-order chi connectivity index (χ1) is 5.83. The molecule has 0 radical (unpaired) electrons. The summed E-state index contributed by atoms with van der Waals surface area (Å²) in [6.07, 6.45) is -2.93. The van der Waals surface area contributed by atoms with Crippen LogP contribution in [0.1, 0.15) is 6.42 Å². The van der Waals surface area contributed by atoms with Gasteiger partial charge in [0.15, 0.2) is 6.17 Å². The van der Waals surface area contributed by atoms with E-state index in [0.717, 1.165) is 0 Å². The maximum Gasteiger partial charge on any atom is 0.330 e. The molecule has 0 bridgehead atoms. The predicted octanol–water partition coefficient (Wildman–Crippen LogP) is 1.33. The van der Waals surface area contributed by atoms with Crippen LogP contribution in [0.15, 0.2) is 12.7 Å². The SMILES string of the molecule is C=CC(=O)NC1(F)CC(F)C1(F)F. The van der Waals surface area contributed by atoms with Crippen LogP contribution in [-0.2, 0) is 4.79 Å². The zero-order chi connectivity index (χ0) is 10.3. The lowest BCUT2D eigenvalue weighted by Crippen LogP contribution is -2.71. The number of nitrogens with one attached hydrogen (secondary N) is 1. The molecule has 1 N–H and O–H groups in total. The summed E-state index contributed by atoms with van der Waals surface area (Å²) in [5, 5.41) is 1.35. The van der Waals surface area contributed by atoms with Crippen LogP contribution in [0.5, 0.6) is 0 Å². The summed E-state index contributed by atoms with van der Waals surface area (Å²) in [6, 6.07) is 0. The third kappa shape index (κ3) is 1.30. The number of carbonyl (C=O) groups is 1. The fraction of sp³-hybridized carbons (Fsp3) is 0.571. The minimum absolute atomic E-state index is 0.642. The fourth-order valence-corrected chi connectivity index (χ4v) is 1.01. The van der Waals surface area contributed by atoms with Gasteiger partial charge in [-0.2, -0.15) is 8.78 Å². The Labute approximate surface area is 71.6 Å². The highest BCUT2D eigenvalue weighted by Crippen LogP contribution is 2.49. The molecule has 2 atom stereocenters. The van der Waals surface area contributed by atoms with Gasteiger partial charge in [0.1, 0.15) is 0 Å². The Morgan fingerprint density at radius 1 is 1.54 bits per heavy atom. The fourth-order valence-electron chi connectivity index (χ4n) is 1.01. The zero-order valence-corrected chi connectivity index (χ0v) is 6.49. The molecule has 0 heterocycles. The maximum absolute atomic E-state index is 13.0. The molecule has 74 valence electrons. The molecule has 1 fully saturated rings. The largest absolute Gasteiger partial charge is 0.330 e. The molecule has 1 aliphatic carbocycles. The van der Waals surface area contributed by atoms with Gasteiger partial charge in [0.25, 0.3) is 5.79 Å². The molecule has 13 heavy (non-hydrogen) atoms. The van der Waals surface area contributed by atoms with Crippen molar-refractivity contribution in [3.63, 3.8) is 0 Å². The second-order valence-corrected chi connectivity index (χ2v) is 2.79. The molecular formula is C7H7F4NO. The summed E-state index contributed by atoms with van der Waals surface area (Å²) >= 11 is 0. The van der Waals surface area contributed by atoms with Crippen LogP contribution in [0, 0.1) is 0 Å². The number of halogens is 4. The van der Waals surface area contributed by atoms with Crippen LogP contribution >= 0.6 is 0 Å². The standard InChI is InChI=1S/C7H7F4NO/c1-2-5(13)12-6(9)3-4(8)7(6,10)11/h2,4H,1,3H2,(H,12,13). The molecule has 0 aromatic heterocycles. The summed E-state index contributed by atoms with van der Waals surface area (Å²) < 4.78 is 50.1. The molecule has 2 nitrogen and oxygen atoms in total. The predicted molar refractivity (Wildman–Crippen MR) is 36.6 cm³/mol. The Morgan fingerprint density at radius 3 is 2.38 bits per heavy atom. The molecule has 0 spiro atoms. The van der Waals surface area contributed by atoms with Gasteiger partial charge in [-0.1, -0.05) is 6.58 Å². The number of hydrogen-bond acceptors (Lipinski definition) is 1. The van der Waals surface area contributed by atoms with E-state index >= 15 is 0 Å². The second-order valence-electron chi connectivity index (χ2n) is 2.79.